The first-order valence-corrected chi connectivity index (χ1v) is 8.81. The van der Waals surface area contributed by atoms with Crippen LogP contribution < -0.4 is 16.2 Å². The highest BCUT2D eigenvalue weighted by Gasteiger charge is 2.18. The minimum atomic E-state index is -0.341. The normalized spacial score (nSPS) is 10.4. The SMILES string of the molecule is O=C(C[NH2+]C(c1ccccc1)c1ccccc1)NNC(=O)c1ccccc1. The molecule has 0 aliphatic rings. The van der Waals surface area contributed by atoms with E-state index in [1.54, 1.807) is 24.3 Å². The van der Waals surface area contributed by atoms with E-state index in [-0.39, 0.29) is 24.4 Å². The van der Waals surface area contributed by atoms with Gasteiger partial charge in [-0.2, -0.15) is 0 Å². The first kappa shape index (κ1) is 18.4. The third kappa shape index (κ3) is 5.26. The van der Waals surface area contributed by atoms with Crippen molar-refractivity contribution in [2.24, 2.45) is 0 Å². The third-order valence-electron chi connectivity index (χ3n) is 4.21. The number of hydrazine groups is 1. The number of hydrogen-bond acceptors (Lipinski definition) is 2. The van der Waals surface area contributed by atoms with Crippen LogP contribution in [-0.4, -0.2) is 18.4 Å². The number of nitrogens with one attached hydrogen (secondary N) is 2. The van der Waals surface area contributed by atoms with E-state index in [0.717, 1.165) is 11.1 Å². The molecule has 0 saturated heterocycles. The van der Waals surface area contributed by atoms with Gasteiger partial charge in [-0.1, -0.05) is 78.9 Å². The quantitative estimate of drug-likeness (QED) is 0.587. The second-order valence-corrected chi connectivity index (χ2v) is 6.11. The van der Waals surface area contributed by atoms with Crippen LogP contribution in [0.3, 0.4) is 0 Å². The van der Waals surface area contributed by atoms with Crippen molar-refractivity contribution < 1.29 is 14.9 Å². The smallest absolute Gasteiger partial charge is 0.293 e. The van der Waals surface area contributed by atoms with E-state index < -0.39 is 0 Å². The van der Waals surface area contributed by atoms with Crippen molar-refractivity contribution in [1.29, 1.82) is 0 Å². The number of carbonyl (C=O) groups excluding carboxylic acids is 2. The molecule has 3 aromatic rings. The molecule has 0 saturated carbocycles. The zero-order valence-electron chi connectivity index (χ0n) is 14.8. The molecule has 0 unspecified atom stereocenters. The number of carbonyl (C=O) groups is 2. The van der Waals surface area contributed by atoms with Gasteiger partial charge in [-0.15, -0.1) is 0 Å². The van der Waals surface area contributed by atoms with Crippen molar-refractivity contribution >= 4 is 11.8 Å². The second-order valence-electron chi connectivity index (χ2n) is 6.11. The van der Waals surface area contributed by atoms with E-state index in [1.165, 1.54) is 0 Å². The molecule has 5 nitrogen and oxygen atoms in total. The first-order valence-electron chi connectivity index (χ1n) is 8.81. The van der Waals surface area contributed by atoms with Gasteiger partial charge in [0, 0.05) is 16.7 Å². The fraction of sp³-hybridized carbons (Fsp3) is 0.0909. The molecule has 0 aliphatic carbocycles. The van der Waals surface area contributed by atoms with Crippen molar-refractivity contribution in [2.45, 2.75) is 6.04 Å². The molecule has 0 spiro atoms. The molecule has 5 heteroatoms. The fourth-order valence-corrected chi connectivity index (χ4v) is 2.85. The number of hydrogen-bond donors (Lipinski definition) is 3. The summed E-state index contributed by atoms with van der Waals surface area (Å²) >= 11 is 0. The van der Waals surface area contributed by atoms with Gasteiger partial charge in [-0.3, -0.25) is 20.4 Å². The highest BCUT2D eigenvalue weighted by molar-refractivity contribution is 5.95. The zero-order valence-corrected chi connectivity index (χ0v) is 14.8. The molecule has 27 heavy (non-hydrogen) atoms. The van der Waals surface area contributed by atoms with E-state index in [0.29, 0.717) is 5.56 Å². The van der Waals surface area contributed by atoms with Crippen LogP contribution in [0, 0.1) is 0 Å². The van der Waals surface area contributed by atoms with Crippen LogP contribution in [0.25, 0.3) is 0 Å². The summed E-state index contributed by atoms with van der Waals surface area (Å²) in [5, 5.41) is 1.95. The van der Waals surface area contributed by atoms with Crippen LogP contribution in [0.5, 0.6) is 0 Å². The summed E-state index contributed by atoms with van der Waals surface area (Å²) in [5.41, 5.74) is 7.64. The topological polar surface area (TPSA) is 74.8 Å². The summed E-state index contributed by atoms with van der Waals surface area (Å²) in [5.74, 6) is -0.609. The van der Waals surface area contributed by atoms with Gasteiger partial charge in [0.1, 0.15) is 6.04 Å². The van der Waals surface area contributed by atoms with Crippen molar-refractivity contribution in [3.63, 3.8) is 0 Å². The van der Waals surface area contributed by atoms with Crippen molar-refractivity contribution in [1.82, 2.24) is 10.9 Å². The van der Waals surface area contributed by atoms with Gasteiger partial charge in [0.2, 0.25) is 0 Å². The average Bonchev–Trinajstić information content (AvgIpc) is 2.74. The molecule has 3 rings (SSSR count). The summed E-state index contributed by atoms with van der Waals surface area (Å²) in [7, 11) is 0. The lowest BCUT2D eigenvalue weighted by Gasteiger charge is -2.16. The summed E-state index contributed by atoms with van der Waals surface area (Å²) in [4.78, 5) is 24.2. The number of nitrogens with two attached hydrogens (primary N) is 1. The van der Waals surface area contributed by atoms with Crippen molar-refractivity contribution in [3.8, 4) is 0 Å². The van der Waals surface area contributed by atoms with Crippen molar-refractivity contribution in [3.05, 3.63) is 108 Å². The van der Waals surface area contributed by atoms with Gasteiger partial charge < -0.3 is 5.32 Å². The molecule has 3 aromatic carbocycles. The highest BCUT2D eigenvalue weighted by Crippen LogP contribution is 2.17. The Balaban J connectivity index is 1.59. The molecule has 4 N–H and O–H groups in total. The molecule has 0 heterocycles. The van der Waals surface area contributed by atoms with E-state index in [1.807, 2.05) is 72.0 Å². The Kier molecular flexibility index (Phi) is 6.33. The maximum absolute atomic E-state index is 12.2. The molecular weight excluding hydrogens is 338 g/mol. The molecule has 0 bridgehead atoms. The van der Waals surface area contributed by atoms with E-state index in [4.69, 9.17) is 0 Å². The third-order valence-corrected chi connectivity index (χ3v) is 4.21. The lowest BCUT2D eigenvalue weighted by atomic mass is 9.99. The maximum atomic E-state index is 12.2. The second kappa shape index (κ2) is 9.31. The molecule has 136 valence electrons. The zero-order chi connectivity index (χ0) is 18.9. The monoisotopic (exact) mass is 360 g/mol. The lowest BCUT2D eigenvalue weighted by Crippen LogP contribution is -2.88. The van der Waals surface area contributed by atoms with Gasteiger partial charge in [-0.05, 0) is 12.1 Å². The van der Waals surface area contributed by atoms with Crippen LogP contribution in [0.2, 0.25) is 0 Å². The Morgan fingerprint density at radius 3 is 1.70 bits per heavy atom. The lowest BCUT2D eigenvalue weighted by molar-refractivity contribution is -0.676. The molecule has 0 radical (unpaired) electrons. The first-order chi connectivity index (χ1) is 13.2. The van der Waals surface area contributed by atoms with Gasteiger partial charge in [0.15, 0.2) is 6.54 Å². The predicted molar refractivity (Wildman–Crippen MR) is 104 cm³/mol. The van der Waals surface area contributed by atoms with E-state index in [2.05, 4.69) is 10.9 Å². The molecule has 0 aliphatic heterocycles. The van der Waals surface area contributed by atoms with Crippen LogP contribution in [-0.2, 0) is 4.79 Å². The fourth-order valence-electron chi connectivity index (χ4n) is 2.85. The standard InChI is InChI=1S/C22H21N3O2/c26-20(24-25-22(27)19-14-8-3-9-15-19)16-23-21(17-10-4-1-5-11-17)18-12-6-2-7-13-18/h1-15,21,23H,16H2,(H,24,26)(H,25,27)/p+1. The molecule has 0 atom stereocenters. The molecule has 2 amide bonds. The number of quaternary nitrogens is 1. The Hall–Kier alpha value is -3.44. The van der Waals surface area contributed by atoms with E-state index in [9.17, 15) is 9.59 Å². The van der Waals surface area contributed by atoms with Crippen LogP contribution in [0.4, 0.5) is 0 Å². The summed E-state index contributed by atoms with van der Waals surface area (Å²) in [6.45, 7) is 0.184. The van der Waals surface area contributed by atoms with Crippen LogP contribution >= 0.6 is 0 Å². The van der Waals surface area contributed by atoms with Gasteiger partial charge >= 0.3 is 0 Å². The summed E-state index contributed by atoms with van der Waals surface area (Å²) in [6.07, 6.45) is 0. The molecule has 0 fully saturated rings. The minimum Gasteiger partial charge on any atom is -0.328 e. The molecular formula is C22H22N3O2+. The predicted octanol–water partition coefficient (Wildman–Crippen LogP) is 1.80. The Morgan fingerprint density at radius 1 is 0.704 bits per heavy atom. The van der Waals surface area contributed by atoms with Crippen molar-refractivity contribution in [2.75, 3.05) is 6.54 Å². The maximum Gasteiger partial charge on any atom is 0.293 e. The number of amides is 2. The van der Waals surface area contributed by atoms with Gasteiger partial charge in [0.25, 0.3) is 11.8 Å². The Morgan fingerprint density at radius 2 is 1.19 bits per heavy atom. The average molecular weight is 360 g/mol. The minimum absolute atomic E-state index is 0.00275. The Bertz CT molecular complexity index is 828. The highest BCUT2D eigenvalue weighted by atomic mass is 16.2. The van der Waals surface area contributed by atoms with E-state index >= 15 is 0 Å². The van der Waals surface area contributed by atoms with Gasteiger partial charge in [-0.25, -0.2) is 0 Å². The number of rotatable bonds is 6. The summed E-state index contributed by atoms with van der Waals surface area (Å²) in [6, 6.07) is 28.8. The van der Waals surface area contributed by atoms with Crippen LogP contribution in [0.1, 0.15) is 27.5 Å². The van der Waals surface area contributed by atoms with Crippen LogP contribution in [0.15, 0.2) is 91.0 Å². The largest absolute Gasteiger partial charge is 0.328 e. The van der Waals surface area contributed by atoms with Gasteiger partial charge in [0.05, 0.1) is 0 Å². The number of benzene rings is 3. The molecule has 0 aromatic heterocycles. The summed E-state index contributed by atoms with van der Waals surface area (Å²) < 4.78 is 0. The Labute approximate surface area is 158 Å².